The number of carbonyl (C=O) groups excluding carboxylic acids is 3. The van der Waals surface area contributed by atoms with Crippen molar-refractivity contribution in [2.24, 2.45) is 0 Å². The van der Waals surface area contributed by atoms with Crippen LogP contribution >= 0.6 is 11.3 Å². The first-order valence-corrected chi connectivity index (χ1v) is 6.05. The number of rotatable bonds is 4. The standard InChI is InChI=1S/C10H9N5O3S/c16-6-7-4-15(14-11-7)5-9(17)12-13-10(18)8-2-1-3-19-8/h1-4,6H,5H2,(H,12,17)(H,13,18). The first kappa shape index (κ1) is 12.9. The Kier molecular flexibility index (Phi) is 3.98. The van der Waals surface area contributed by atoms with Crippen molar-refractivity contribution in [1.82, 2.24) is 25.8 Å². The average Bonchev–Trinajstić information content (AvgIpc) is 3.06. The van der Waals surface area contributed by atoms with Gasteiger partial charge in [-0.3, -0.25) is 25.2 Å². The molecule has 2 aromatic heterocycles. The van der Waals surface area contributed by atoms with E-state index in [9.17, 15) is 14.4 Å². The van der Waals surface area contributed by atoms with E-state index in [1.165, 1.54) is 22.2 Å². The van der Waals surface area contributed by atoms with E-state index in [0.29, 0.717) is 11.2 Å². The summed E-state index contributed by atoms with van der Waals surface area (Å²) in [6, 6.07) is 3.37. The molecule has 0 aromatic carbocycles. The fraction of sp³-hybridized carbons (Fsp3) is 0.100. The molecule has 9 heteroatoms. The highest BCUT2D eigenvalue weighted by atomic mass is 32.1. The summed E-state index contributed by atoms with van der Waals surface area (Å²) in [6.45, 7) is -0.147. The number of amides is 2. The minimum atomic E-state index is -0.479. The van der Waals surface area contributed by atoms with Gasteiger partial charge in [-0.2, -0.15) is 0 Å². The predicted octanol–water partition coefficient (Wildman–Crippen LogP) is -0.387. The lowest BCUT2D eigenvalue weighted by Gasteiger charge is -2.05. The van der Waals surface area contributed by atoms with Gasteiger partial charge in [-0.15, -0.1) is 16.4 Å². The molecular formula is C10H9N5O3S. The summed E-state index contributed by atoms with van der Waals surface area (Å²) < 4.78 is 1.19. The number of carbonyl (C=O) groups is 3. The maximum Gasteiger partial charge on any atom is 0.279 e. The van der Waals surface area contributed by atoms with Crippen LogP contribution in [0.5, 0.6) is 0 Å². The molecule has 0 saturated carbocycles. The van der Waals surface area contributed by atoms with Gasteiger partial charge in [-0.25, -0.2) is 4.68 Å². The Morgan fingerprint density at radius 1 is 1.42 bits per heavy atom. The van der Waals surface area contributed by atoms with Crippen molar-refractivity contribution in [3.63, 3.8) is 0 Å². The number of nitrogens with zero attached hydrogens (tertiary/aromatic N) is 3. The maximum absolute atomic E-state index is 11.5. The Bertz CT molecular complexity index is 592. The molecule has 98 valence electrons. The molecule has 0 radical (unpaired) electrons. The third-order valence-corrected chi connectivity index (χ3v) is 2.91. The largest absolute Gasteiger partial charge is 0.296 e. The summed E-state index contributed by atoms with van der Waals surface area (Å²) in [6.07, 6.45) is 1.85. The van der Waals surface area contributed by atoms with Gasteiger partial charge < -0.3 is 0 Å². The second kappa shape index (κ2) is 5.87. The van der Waals surface area contributed by atoms with Gasteiger partial charge in [0.2, 0.25) is 0 Å². The molecule has 0 spiro atoms. The molecule has 0 aliphatic carbocycles. The number of hydrogen-bond acceptors (Lipinski definition) is 6. The van der Waals surface area contributed by atoms with Gasteiger partial charge in [0.15, 0.2) is 6.29 Å². The highest BCUT2D eigenvalue weighted by Crippen LogP contribution is 2.06. The van der Waals surface area contributed by atoms with Crippen molar-refractivity contribution < 1.29 is 14.4 Å². The summed E-state index contributed by atoms with van der Waals surface area (Å²) in [7, 11) is 0. The van der Waals surface area contributed by atoms with Crippen LogP contribution in [0.3, 0.4) is 0 Å². The first-order valence-electron chi connectivity index (χ1n) is 5.17. The van der Waals surface area contributed by atoms with Gasteiger partial charge in [0.25, 0.3) is 11.8 Å². The number of nitrogens with one attached hydrogen (secondary N) is 2. The zero-order chi connectivity index (χ0) is 13.7. The zero-order valence-corrected chi connectivity index (χ0v) is 10.4. The van der Waals surface area contributed by atoms with E-state index in [1.54, 1.807) is 17.5 Å². The van der Waals surface area contributed by atoms with E-state index in [0.717, 1.165) is 0 Å². The first-order chi connectivity index (χ1) is 9.19. The Morgan fingerprint density at radius 2 is 2.26 bits per heavy atom. The molecule has 2 N–H and O–H groups in total. The number of thiophene rings is 1. The van der Waals surface area contributed by atoms with Crippen LogP contribution in [0.2, 0.25) is 0 Å². The minimum absolute atomic E-state index is 0.135. The van der Waals surface area contributed by atoms with Crippen LogP contribution in [-0.4, -0.2) is 33.1 Å². The lowest BCUT2D eigenvalue weighted by molar-refractivity contribution is -0.122. The monoisotopic (exact) mass is 279 g/mol. The molecule has 0 aliphatic rings. The molecular weight excluding hydrogens is 270 g/mol. The molecule has 0 unspecified atom stereocenters. The fourth-order valence-electron chi connectivity index (χ4n) is 1.23. The van der Waals surface area contributed by atoms with E-state index in [4.69, 9.17) is 0 Å². The lowest BCUT2D eigenvalue weighted by atomic mass is 10.4. The van der Waals surface area contributed by atoms with Gasteiger partial charge in [-0.05, 0) is 11.4 Å². The van der Waals surface area contributed by atoms with Crippen LogP contribution in [0.1, 0.15) is 20.2 Å². The van der Waals surface area contributed by atoms with Gasteiger partial charge in [-0.1, -0.05) is 11.3 Å². The smallest absolute Gasteiger partial charge is 0.279 e. The summed E-state index contributed by atoms with van der Waals surface area (Å²) in [5.74, 6) is -0.872. The molecule has 0 fully saturated rings. The van der Waals surface area contributed by atoms with Crippen molar-refractivity contribution in [2.75, 3.05) is 0 Å². The number of hydrazine groups is 1. The predicted molar refractivity (Wildman–Crippen MR) is 65.3 cm³/mol. The minimum Gasteiger partial charge on any atom is -0.296 e. The molecule has 0 saturated heterocycles. The summed E-state index contributed by atoms with van der Waals surface area (Å²) in [5.41, 5.74) is 4.64. The van der Waals surface area contributed by atoms with E-state index < -0.39 is 11.8 Å². The molecule has 19 heavy (non-hydrogen) atoms. The van der Waals surface area contributed by atoms with E-state index >= 15 is 0 Å². The average molecular weight is 279 g/mol. The lowest BCUT2D eigenvalue weighted by Crippen LogP contribution is -2.43. The topological polar surface area (TPSA) is 106 Å². The summed E-state index contributed by atoms with van der Waals surface area (Å²) >= 11 is 1.26. The molecule has 2 aromatic rings. The van der Waals surface area contributed by atoms with Crippen molar-refractivity contribution in [1.29, 1.82) is 0 Å². The van der Waals surface area contributed by atoms with Crippen molar-refractivity contribution in [2.45, 2.75) is 6.54 Å². The molecule has 0 atom stereocenters. The molecule has 2 rings (SSSR count). The third kappa shape index (κ3) is 3.45. The van der Waals surface area contributed by atoms with E-state index in [-0.39, 0.29) is 12.2 Å². The van der Waals surface area contributed by atoms with Crippen LogP contribution < -0.4 is 10.9 Å². The van der Waals surface area contributed by atoms with Crippen LogP contribution in [-0.2, 0) is 11.3 Å². The normalized spacial score (nSPS) is 9.89. The number of aldehydes is 1. The maximum atomic E-state index is 11.5. The Hall–Kier alpha value is -2.55. The fourth-order valence-corrected chi connectivity index (χ4v) is 1.85. The Labute approximate surface area is 111 Å². The van der Waals surface area contributed by atoms with Crippen molar-refractivity contribution in [3.8, 4) is 0 Å². The third-order valence-electron chi connectivity index (χ3n) is 2.04. The molecule has 2 amide bonds. The van der Waals surface area contributed by atoms with Crippen LogP contribution in [0.4, 0.5) is 0 Å². The van der Waals surface area contributed by atoms with Gasteiger partial charge >= 0.3 is 0 Å². The number of hydrogen-bond donors (Lipinski definition) is 2. The van der Waals surface area contributed by atoms with Crippen LogP contribution in [0.15, 0.2) is 23.7 Å². The summed E-state index contributed by atoms with van der Waals surface area (Å²) in [4.78, 5) is 33.9. The van der Waals surface area contributed by atoms with E-state index in [1.807, 2.05) is 0 Å². The molecule has 0 bridgehead atoms. The second-order valence-corrected chi connectivity index (χ2v) is 4.39. The Balaban J connectivity index is 1.81. The van der Waals surface area contributed by atoms with Gasteiger partial charge in [0, 0.05) is 0 Å². The number of aromatic nitrogens is 3. The quantitative estimate of drug-likeness (QED) is 0.586. The molecule has 2 heterocycles. The van der Waals surface area contributed by atoms with Crippen molar-refractivity contribution in [3.05, 3.63) is 34.3 Å². The molecule has 8 nitrogen and oxygen atoms in total. The Morgan fingerprint density at radius 3 is 2.89 bits per heavy atom. The van der Waals surface area contributed by atoms with Crippen molar-refractivity contribution >= 4 is 29.4 Å². The van der Waals surface area contributed by atoms with Crippen LogP contribution in [0.25, 0.3) is 0 Å². The zero-order valence-electron chi connectivity index (χ0n) is 9.57. The molecule has 0 aliphatic heterocycles. The second-order valence-electron chi connectivity index (χ2n) is 3.44. The van der Waals surface area contributed by atoms with Gasteiger partial charge in [0.1, 0.15) is 12.2 Å². The highest BCUT2D eigenvalue weighted by Gasteiger charge is 2.09. The SMILES string of the molecule is O=Cc1cn(CC(=O)NNC(=O)c2cccs2)nn1. The highest BCUT2D eigenvalue weighted by molar-refractivity contribution is 7.12. The van der Waals surface area contributed by atoms with E-state index in [2.05, 4.69) is 21.2 Å². The van der Waals surface area contributed by atoms with Crippen LogP contribution in [0, 0.1) is 0 Å². The van der Waals surface area contributed by atoms with Gasteiger partial charge in [0.05, 0.1) is 11.1 Å². The summed E-state index contributed by atoms with van der Waals surface area (Å²) in [5, 5.41) is 8.83.